The molecule has 0 aliphatic rings. The number of hydrogen-bond acceptors (Lipinski definition) is 8. The number of fused-ring (bicyclic) bond motifs is 1. The smallest absolute Gasteiger partial charge is 0.225 e. The van der Waals surface area contributed by atoms with Crippen molar-refractivity contribution in [3.63, 3.8) is 0 Å². The number of methoxy groups -OCH3 is 2. The predicted molar refractivity (Wildman–Crippen MR) is 128 cm³/mol. The lowest BCUT2D eigenvalue weighted by Crippen LogP contribution is -2.39. The van der Waals surface area contributed by atoms with Crippen molar-refractivity contribution in [3.05, 3.63) is 41.6 Å². The summed E-state index contributed by atoms with van der Waals surface area (Å²) in [4.78, 5) is 13.9. The normalized spacial score (nSPS) is 12.9. The Bertz CT molecular complexity index is 1060. The highest BCUT2D eigenvalue weighted by atomic mass is 16.5. The van der Waals surface area contributed by atoms with Crippen LogP contribution in [0, 0.1) is 6.92 Å². The van der Waals surface area contributed by atoms with Gasteiger partial charge in [-0.2, -0.15) is 4.98 Å². The number of nitrogens with one attached hydrogen (secondary N) is 2. The molecule has 0 fully saturated rings. The summed E-state index contributed by atoms with van der Waals surface area (Å²) in [5.74, 6) is 2.53. The Hall–Kier alpha value is -3.13. The number of aliphatic hydroxyl groups excluding tert-OH is 1. The summed E-state index contributed by atoms with van der Waals surface area (Å²) in [7, 11) is 3.26. The van der Waals surface area contributed by atoms with Crippen LogP contribution in [0.5, 0.6) is 11.5 Å². The SMILES string of the molecule is CCCC[C@](C)(CO)Nc1nc(NCc2ccc(OC)cc2OC)nc2cc(C)cnc12. The Morgan fingerprint density at radius 1 is 1.12 bits per heavy atom. The lowest BCUT2D eigenvalue weighted by molar-refractivity contribution is 0.212. The second kappa shape index (κ2) is 10.5. The maximum absolute atomic E-state index is 10.0. The van der Waals surface area contributed by atoms with E-state index in [1.165, 1.54) is 0 Å². The van der Waals surface area contributed by atoms with Crippen LogP contribution in [0.1, 0.15) is 44.2 Å². The average molecular weight is 440 g/mol. The standard InChI is InChI=1S/C24H33N5O3/c1-6-7-10-24(3,15-30)29-22-21-19(11-16(2)13-25-21)27-23(28-22)26-14-17-8-9-18(31-4)12-20(17)32-5/h8-9,11-13,30H,6-7,10,14-15H2,1-5H3,(H2,26,27,28,29)/t24-/m1/s1. The van der Waals surface area contributed by atoms with E-state index in [1.54, 1.807) is 20.4 Å². The molecule has 2 heterocycles. The fourth-order valence-electron chi connectivity index (χ4n) is 3.49. The fraction of sp³-hybridized carbons (Fsp3) is 0.458. The van der Waals surface area contributed by atoms with Crippen LogP contribution >= 0.6 is 0 Å². The highest BCUT2D eigenvalue weighted by molar-refractivity contribution is 5.86. The lowest BCUT2D eigenvalue weighted by atomic mass is 9.96. The number of unbranched alkanes of at least 4 members (excludes halogenated alkanes) is 1. The van der Waals surface area contributed by atoms with Crippen molar-refractivity contribution in [1.29, 1.82) is 0 Å². The number of aliphatic hydroxyl groups is 1. The van der Waals surface area contributed by atoms with Crippen LogP contribution < -0.4 is 20.1 Å². The van der Waals surface area contributed by atoms with Gasteiger partial charge in [0.25, 0.3) is 0 Å². The molecule has 0 radical (unpaired) electrons. The first-order valence-corrected chi connectivity index (χ1v) is 10.9. The van der Waals surface area contributed by atoms with Crippen molar-refractivity contribution >= 4 is 22.8 Å². The van der Waals surface area contributed by atoms with Gasteiger partial charge in [0.1, 0.15) is 17.0 Å². The maximum Gasteiger partial charge on any atom is 0.225 e. The van der Waals surface area contributed by atoms with Crippen LogP contribution in [0.3, 0.4) is 0 Å². The van der Waals surface area contributed by atoms with Gasteiger partial charge in [0.2, 0.25) is 5.95 Å². The van der Waals surface area contributed by atoms with E-state index >= 15 is 0 Å². The summed E-state index contributed by atoms with van der Waals surface area (Å²) in [5, 5.41) is 16.8. The van der Waals surface area contributed by atoms with Gasteiger partial charge >= 0.3 is 0 Å². The van der Waals surface area contributed by atoms with E-state index in [0.29, 0.717) is 23.8 Å². The molecule has 3 aromatic rings. The van der Waals surface area contributed by atoms with E-state index in [2.05, 4.69) is 27.5 Å². The Morgan fingerprint density at radius 3 is 2.62 bits per heavy atom. The number of aromatic nitrogens is 3. The van der Waals surface area contributed by atoms with E-state index in [1.807, 2.05) is 38.1 Å². The van der Waals surface area contributed by atoms with Crippen molar-refractivity contribution in [3.8, 4) is 11.5 Å². The van der Waals surface area contributed by atoms with E-state index in [0.717, 1.165) is 47.4 Å². The monoisotopic (exact) mass is 439 g/mol. The fourth-order valence-corrected chi connectivity index (χ4v) is 3.49. The number of pyridine rings is 1. The van der Waals surface area contributed by atoms with Crippen LogP contribution in [0.4, 0.5) is 11.8 Å². The molecule has 3 N–H and O–H groups in total. The topological polar surface area (TPSA) is 101 Å². The van der Waals surface area contributed by atoms with Crippen LogP contribution in [-0.2, 0) is 6.54 Å². The van der Waals surface area contributed by atoms with Gasteiger partial charge in [-0.1, -0.05) is 19.8 Å². The minimum Gasteiger partial charge on any atom is -0.497 e. The predicted octanol–water partition coefficient (Wildman–Crippen LogP) is 4.32. The van der Waals surface area contributed by atoms with Crippen molar-refractivity contribution in [1.82, 2.24) is 15.0 Å². The van der Waals surface area contributed by atoms with Gasteiger partial charge in [-0.3, -0.25) is 4.98 Å². The molecule has 172 valence electrons. The van der Waals surface area contributed by atoms with Gasteiger partial charge in [-0.05, 0) is 44.0 Å². The van der Waals surface area contributed by atoms with Gasteiger partial charge in [0.15, 0.2) is 5.82 Å². The quantitative estimate of drug-likeness (QED) is 0.406. The lowest BCUT2D eigenvalue weighted by Gasteiger charge is -2.29. The van der Waals surface area contributed by atoms with E-state index in [9.17, 15) is 5.11 Å². The minimum absolute atomic E-state index is 0.00380. The molecule has 0 saturated carbocycles. The first-order valence-electron chi connectivity index (χ1n) is 10.9. The highest BCUT2D eigenvalue weighted by Crippen LogP contribution is 2.28. The number of ether oxygens (including phenoxy) is 2. The van der Waals surface area contributed by atoms with Crippen LogP contribution in [0.25, 0.3) is 11.0 Å². The molecule has 0 spiro atoms. The number of anilines is 2. The minimum atomic E-state index is -0.500. The zero-order valence-corrected chi connectivity index (χ0v) is 19.5. The van der Waals surface area contributed by atoms with Gasteiger partial charge in [0, 0.05) is 24.4 Å². The number of aryl methyl sites for hydroxylation is 1. The Kier molecular flexibility index (Phi) is 7.69. The molecule has 0 saturated heterocycles. The van der Waals surface area contributed by atoms with Crippen molar-refractivity contribution < 1.29 is 14.6 Å². The van der Waals surface area contributed by atoms with Crippen molar-refractivity contribution in [2.24, 2.45) is 0 Å². The van der Waals surface area contributed by atoms with E-state index in [4.69, 9.17) is 14.5 Å². The first kappa shape index (κ1) is 23.5. The molecule has 1 aromatic carbocycles. The summed E-state index contributed by atoms with van der Waals surface area (Å²) in [6, 6.07) is 7.67. The van der Waals surface area contributed by atoms with Crippen LogP contribution in [0.15, 0.2) is 30.5 Å². The summed E-state index contributed by atoms with van der Waals surface area (Å²) in [6.07, 6.45) is 4.68. The molecule has 0 aliphatic heterocycles. The molecule has 3 rings (SSSR count). The molecular weight excluding hydrogens is 406 g/mol. The molecule has 2 aromatic heterocycles. The third-order valence-corrected chi connectivity index (χ3v) is 5.46. The second-order valence-corrected chi connectivity index (χ2v) is 8.25. The molecule has 8 nitrogen and oxygen atoms in total. The Balaban J connectivity index is 1.92. The number of rotatable bonds is 11. The highest BCUT2D eigenvalue weighted by Gasteiger charge is 2.25. The zero-order chi connectivity index (χ0) is 23.1. The van der Waals surface area contributed by atoms with Crippen molar-refractivity contribution in [2.75, 3.05) is 31.5 Å². The Morgan fingerprint density at radius 2 is 1.94 bits per heavy atom. The molecule has 32 heavy (non-hydrogen) atoms. The third-order valence-electron chi connectivity index (χ3n) is 5.46. The molecule has 0 aliphatic carbocycles. The summed E-state index contributed by atoms with van der Waals surface area (Å²) < 4.78 is 10.8. The molecule has 1 atom stereocenters. The van der Waals surface area contributed by atoms with Gasteiger partial charge < -0.3 is 25.2 Å². The first-order chi connectivity index (χ1) is 15.4. The average Bonchev–Trinajstić information content (AvgIpc) is 2.81. The van der Waals surface area contributed by atoms with Crippen molar-refractivity contribution in [2.45, 2.75) is 52.1 Å². The summed E-state index contributed by atoms with van der Waals surface area (Å²) >= 11 is 0. The molecular formula is C24H33N5O3. The second-order valence-electron chi connectivity index (χ2n) is 8.25. The summed E-state index contributed by atoms with van der Waals surface area (Å²) in [5.41, 5.74) is 2.89. The Labute approximate surface area is 189 Å². The third kappa shape index (κ3) is 5.56. The maximum atomic E-state index is 10.0. The van der Waals surface area contributed by atoms with Gasteiger partial charge in [-0.15, -0.1) is 0 Å². The van der Waals surface area contributed by atoms with Crippen LogP contribution in [-0.4, -0.2) is 46.4 Å². The number of nitrogens with zero attached hydrogens (tertiary/aromatic N) is 3. The zero-order valence-electron chi connectivity index (χ0n) is 19.5. The number of benzene rings is 1. The van der Waals surface area contributed by atoms with Crippen LogP contribution in [0.2, 0.25) is 0 Å². The van der Waals surface area contributed by atoms with Gasteiger partial charge in [-0.25, -0.2) is 4.98 Å². The van der Waals surface area contributed by atoms with Gasteiger partial charge in [0.05, 0.1) is 31.9 Å². The molecule has 8 heteroatoms. The molecule has 0 unspecified atom stereocenters. The molecule has 0 amide bonds. The summed E-state index contributed by atoms with van der Waals surface area (Å²) in [6.45, 7) is 6.59. The molecule has 0 bridgehead atoms. The largest absolute Gasteiger partial charge is 0.497 e. The van der Waals surface area contributed by atoms with E-state index < -0.39 is 5.54 Å². The number of hydrogen-bond donors (Lipinski definition) is 3. The van der Waals surface area contributed by atoms with E-state index in [-0.39, 0.29) is 6.61 Å².